The van der Waals surface area contributed by atoms with Gasteiger partial charge >= 0.3 is 0 Å². The minimum Gasteiger partial charge on any atom is -0.491 e. The van der Waals surface area contributed by atoms with Crippen LogP contribution in [0.25, 0.3) is 10.9 Å². The van der Waals surface area contributed by atoms with E-state index in [0.29, 0.717) is 36.3 Å². The molecule has 1 aliphatic carbocycles. The highest BCUT2D eigenvalue weighted by molar-refractivity contribution is 6.03. The maximum absolute atomic E-state index is 12.8. The number of hydrogen-bond donors (Lipinski definition) is 2. The number of carbonyl (C=O) groups excluding carboxylic acids is 1. The lowest BCUT2D eigenvalue weighted by Crippen LogP contribution is -2.19. The van der Waals surface area contributed by atoms with Gasteiger partial charge in [0, 0.05) is 48.4 Å². The molecule has 1 saturated carbocycles. The van der Waals surface area contributed by atoms with E-state index in [1.54, 1.807) is 6.08 Å². The third-order valence-corrected chi connectivity index (χ3v) is 7.53. The van der Waals surface area contributed by atoms with E-state index in [1.807, 2.05) is 61.5 Å². The van der Waals surface area contributed by atoms with Crippen molar-refractivity contribution in [1.82, 2.24) is 19.8 Å². The number of aromatic nitrogens is 2. The number of likely N-dealkylation sites (tertiary alicyclic amines) is 1. The summed E-state index contributed by atoms with van der Waals surface area (Å²) in [6.45, 7) is 3.65. The molecule has 2 N–H and O–H groups in total. The van der Waals surface area contributed by atoms with Crippen LogP contribution in [0.1, 0.15) is 18.4 Å². The first-order valence-electron chi connectivity index (χ1n) is 13.4. The summed E-state index contributed by atoms with van der Waals surface area (Å²) in [6.07, 6.45) is 12.9. The molecule has 1 amide bonds. The third kappa shape index (κ3) is 6.56. The smallest absolute Gasteiger partial charge is 0.248 e. The molecule has 2 fully saturated rings. The van der Waals surface area contributed by atoms with Crippen LogP contribution in [0.15, 0.2) is 54.9 Å². The molecular formula is C31H36N6O2. The van der Waals surface area contributed by atoms with Gasteiger partial charge in [0.15, 0.2) is 0 Å². The van der Waals surface area contributed by atoms with Crippen LogP contribution in [0, 0.1) is 30.1 Å². The van der Waals surface area contributed by atoms with Gasteiger partial charge in [-0.15, -0.1) is 6.42 Å². The topological polar surface area (TPSA) is 82.6 Å². The van der Waals surface area contributed by atoms with E-state index in [9.17, 15) is 4.79 Å². The number of carbonyl (C=O) groups is 1. The van der Waals surface area contributed by atoms with Gasteiger partial charge in [-0.3, -0.25) is 4.79 Å². The van der Waals surface area contributed by atoms with Crippen LogP contribution < -0.4 is 15.4 Å². The van der Waals surface area contributed by atoms with E-state index in [-0.39, 0.29) is 5.91 Å². The molecule has 8 nitrogen and oxygen atoms in total. The molecule has 0 radical (unpaired) electrons. The van der Waals surface area contributed by atoms with Crippen molar-refractivity contribution in [3.63, 3.8) is 0 Å². The van der Waals surface area contributed by atoms with Gasteiger partial charge in [-0.1, -0.05) is 18.1 Å². The second-order valence-corrected chi connectivity index (χ2v) is 11.0. The highest BCUT2D eigenvalue weighted by Crippen LogP contribution is 2.42. The minimum atomic E-state index is -0.215. The Kier molecular flexibility index (Phi) is 8.10. The quantitative estimate of drug-likeness (QED) is 0.318. The van der Waals surface area contributed by atoms with Crippen molar-refractivity contribution in [2.24, 2.45) is 17.8 Å². The summed E-state index contributed by atoms with van der Waals surface area (Å²) in [5, 5.41) is 7.13. The molecule has 39 heavy (non-hydrogen) atoms. The Morgan fingerprint density at radius 2 is 2.00 bits per heavy atom. The average Bonchev–Trinajstić information content (AvgIpc) is 3.44. The van der Waals surface area contributed by atoms with E-state index in [1.165, 1.54) is 32.3 Å². The molecule has 3 aromatic rings. The lowest BCUT2D eigenvalue weighted by Gasteiger charge is -2.18. The summed E-state index contributed by atoms with van der Waals surface area (Å²) in [7, 11) is 6.12. The summed E-state index contributed by atoms with van der Waals surface area (Å²) in [5.74, 6) is 5.71. The number of nitrogens with one attached hydrogen (secondary N) is 2. The Balaban J connectivity index is 1.40. The molecule has 2 atom stereocenters. The van der Waals surface area contributed by atoms with Gasteiger partial charge in [-0.25, -0.2) is 9.97 Å². The van der Waals surface area contributed by atoms with Gasteiger partial charge < -0.3 is 25.2 Å². The zero-order valence-corrected chi connectivity index (χ0v) is 22.9. The van der Waals surface area contributed by atoms with Crippen molar-refractivity contribution >= 4 is 34.0 Å². The Bertz CT molecular complexity index is 1400. The molecule has 0 spiro atoms. The lowest BCUT2D eigenvalue weighted by molar-refractivity contribution is -0.111. The van der Waals surface area contributed by atoms with Gasteiger partial charge in [0.25, 0.3) is 0 Å². The zero-order chi connectivity index (χ0) is 27.4. The predicted octanol–water partition coefficient (Wildman–Crippen LogP) is 4.38. The van der Waals surface area contributed by atoms with E-state index in [0.717, 1.165) is 34.0 Å². The van der Waals surface area contributed by atoms with Crippen LogP contribution in [-0.4, -0.2) is 73.1 Å². The van der Waals surface area contributed by atoms with Crippen LogP contribution >= 0.6 is 0 Å². The normalized spacial score (nSPS) is 20.8. The van der Waals surface area contributed by atoms with E-state index >= 15 is 0 Å². The summed E-state index contributed by atoms with van der Waals surface area (Å²) >= 11 is 0. The van der Waals surface area contributed by atoms with Gasteiger partial charge in [-0.2, -0.15) is 0 Å². The largest absolute Gasteiger partial charge is 0.491 e. The summed E-state index contributed by atoms with van der Waals surface area (Å²) in [6, 6.07) is 11.4. The molecule has 0 bridgehead atoms. The van der Waals surface area contributed by atoms with Crippen molar-refractivity contribution in [1.29, 1.82) is 0 Å². The van der Waals surface area contributed by atoms with Crippen molar-refractivity contribution in [2.75, 3.05) is 58.0 Å². The SMILES string of the molecule is C#Cc1cccc(Nc2ncnc3cc(OCC4CC5CN(C)CC5C4)c(NC(=O)C=CCN(C)C)cc23)c1. The number of hydrogen-bond acceptors (Lipinski definition) is 7. The monoisotopic (exact) mass is 524 g/mol. The number of fused-ring (bicyclic) bond motifs is 2. The van der Waals surface area contributed by atoms with Gasteiger partial charge in [-0.05, 0) is 76.0 Å². The fraction of sp³-hybridized carbons (Fsp3) is 0.387. The molecule has 2 aromatic carbocycles. The lowest BCUT2D eigenvalue weighted by atomic mass is 10.0. The molecule has 2 heterocycles. The minimum absolute atomic E-state index is 0.215. The maximum Gasteiger partial charge on any atom is 0.248 e. The summed E-state index contributed by atoms with van der Waals surface area (Å²) in [5.41, 5.74) is 2.91. The van der Waals surface area contributed by atoms with E-state index < -0.39 is 0 Å². The molecule has 1 aliphatic heterocycles. The Labute approximate surface area is 230 Å². The number of anilines is 3. The van der Waals surface area contributed by atoms with Gasteiger partial charge in [0.05, 0.1) is 17.8 Å². The highest BCUT2D eigenvalue weighted by Gasteiger charge is 2.39. The fourth-order valence-electron chi connectivity index (χ4n) is 5.77. The first-order chi connectivity index (χ1) is 18.9. The number of rotatable bonds is 9. The zero-order valence-electron chi connectivity index (χ0n) is 22.9. The van der Waals surface area contributed by atoms with Crippen LogP contribution in [-0.2, 0) is 4.79 Å². The highest BCUT2D eigenvalue weighted by atomic mass is 16.5. The third-order valence-electron chi connectivity index (χ3n) is 7.53. The van der Waals surface area contributed by atoms with E-state index in [2.05, 4.69) is 38.5 Å². The number of amides is 1. The van der Waals surface area contributed by atoms with Crippen molar-refractivity contribution in [3.05, 3.63) is 60.4 Å². The van der Waals surface area contributed by atoms with Crippen molar-refractivity contribution in [3.8, 4) is 18.1 Å². The van der Waals surface area contributed by atoms with Crippen LogP contribution in [0.4, 0.5) is 17.2 Å². The average molecular weight is 525 g/mol. The maximum atomic E-state index is 12.8. The van der Waals surface area contributed by atoms with Gasteiger partial charge in [0.2, 0.25) is 5.91 Å². The second kappa shape index (κ2) is 11.9. The second-order valence-electron chi connectivity index (χ2n) is 11.0. The first kappa shape index (κ1) is 26.7. The number of ether oxygens (including phenoxy) is 1. The van der Waals surface area contributed by atoms with Crippen LogP contribution in [0.3, 0.4) is 0 Å². The molecule has 1 aromatic heterocycles. The molecule has 202 valence electrons. The number of nitrogens with zero attached hydrogens (tertiary/aromatic N) is 4. The van der Waals surface area contributed by atoms with E-state index in [4.69, 9.17) is 11.2 Å². The number of terminal acetylenes is 1. The molecule has 2 unspecified atom stereocenters. The number of likely N-dealkylation sites (N-methyl/N-ethyl adjacent to an activating group) is 1. The molecule has 5 rings (SSSR count). The van der Waals surface area contributed by atoms with Crippen molar-refractivity contribution in [2.45, 2.75) is 12.8 Å². The molecule has 8 heteroatoms. The van der Waals surface area contributed by atoms with Crippen LogP contribution in [0.2, 0.25) is 0 Å². The predicted molar refractivity (Wildman–Crippen MR) is 156 cm³/mol. The first-order valence-corrected chi connectivity index (χ1v) is 13.4. The Morgan fingerprint density at radius 1 is 1.21 bits per heavy atom. The molecular weight excluding hydrogens is 488 g/mol. The molecule has 2 aliphatic rings. The number of benzene rings is 2. The van der Waals surface area contributed by atoms with Crippen molar-refractivity contribution < 1.29 is 9.53 Å². The standard InChI is InChI=1S/C31H36N6O2/c1-5-21-8-6-9-25(14-21)34-31-26-15-28(35-30(38)10-7-11-36(2)3)29(16-27(26)32-20-33-31)39-19-22-12-23-17-37(4)18-24(23)13-22/h1,6-10,14-16,20,22-24H,11-13,17-19H2,2-4H3,(H,35,38)(H,32,33,34). The fourth-order valence-corrected chi connectivity index (χ4v) is 5.77. The van der Waals surface area contributed by atoms with Gasteiger partial charge in [0.1, 0.15) is 17.9 Å². The Morgan fingerprint density at radius 3 is 2.74 bits per heavy atom. The summed E-state index contributed by atoms with van der Waals surface area (Å²) in [4.78, 5) is 26.2. The molecule has 1 saturated heterocycles. The Hall–Kier alpha value is -3.93. The summed E-state index contributed by atoms with van der Waals surface area (Å²) < 4.78 is 6.39. The van der Waals surface area contributed by atoms with Crippen LogP contribution in [0.5, 0.6) is 5.75 Å².